The van der Waals surface area contributed by atoms with E-state index in [4.69, 9.17) is 17.3 Å². The molecular formula is C17H15ClN2O. The van der Waals surface area contributed by atoms with Crippen molar-refractivity contribution < 1.29 is 4.79 Å². The van der Waals surface area contributed by atoms with Crippen molar-refractivity contribution in [1.82, 2.24) is 0 Å². The number of hydrogen-bond donors (Lipinski definition) is 2. The Hall–Kier alpha value is -2.28. The highest BCUT2D eigenvalue weighted by atomic mass is 35.5. The zero-order valence-corrected chi connectivity index (χ0v) is 12.4. The van der Waals surface area contributed by atoms with Crippen LogP contribution in [0.5, 0.6) is 0 Å². The van der Waals surface area contributed by atoms with Crippen LogP contribution in [-0.4, -0.2) is 12.5 Å². The van der Waals surface area contributed by atoms with Gasteiger partial charge in [0.1, 0.15) is 0 Å². The van der Waals surface area contributed by atoms with Gasteiger partial charge in [-0.25, -0.2) is 0 Å². The minimum absolute atomic E-state index is 0.209. The Morgan fingerprint density at radius 1 is 1.24 bits per heavy atom. The molecule has 0 saturated heterocycles. The van der Waals surface area contributed by atoms with Gasteiger partial charge in [0.2, 0.25) is 0 Å². The maximum atomic E-state index is 12.2. The van der Waals surface area contributed by atoms with Gasteiger partial charge in [0.05, 0.1) is 17.3 Å². The summed E-state index contributed by atoms with van der Waals surface area (Å²) in [5, 5.41) is 3.31. The zero-order chi connectivity index (χ0) is 15.2. The largest absolute Gasteiger partial charge is 0.321 e. The second-order valence-electron chi connectivity index (χ2n) is 4.52. The minimum atomic E-state index is -0.209. The Morgan fingerprint density at radius 3 is 2.57 bits per heavy atom. The van der Waals surface area contributed by atoms with Gasteiger partial charge >= 0.3 is 0 Å². The number of nitrogens with one attached hydrogen (secondary N) is 1. The van der Waals surface area contributed by atoms with Gasteiger partial charge in [-0.05, 0) is 48.9 Å². The molecule has 106 valence electrons. The molecule has 2 aromatic carbocycles. The van der Waals surface area contributed by atoms with Crippen molar-refractivity contribution in [2.75, 3.05) is 11.9 Å². The summed E-state index contributed by atoms with van der Waals surface area (Å²) in [6.45, 7) is 2.26. The van der Waals surface area contributed by atoms with Crippen LogP contribution in [0.4, 0.5) is 5.69 Å². The van der Waals surface area contributed by atoms with E-state index >= 15 is 0 Å². The van der Waals surface area contributed by atoms with E-state index in [0.717, 1.165) is 11.1 Å². The third-order valence-corrected chi connectivity index (χ3v) is 3.17. The molecule has 3 nitrogen and oxygen atoms in total. The maximum Gasteiger partial charge on any atom is 0.255 e. The number of anilines is 1. The van der Waals surface area contributed by atoms with Crippen molar-refractivity contribution in [3.05, 3.63) is 64.2 Å². The lowest BCUT2D eigenvalue weighted by Gasteiger charge is -2.08. The lowest BCUT2D eigenvalue weighted by Crippen LogP contribution is -2.12. The van der Waals surface area contributed by atoms with E-state index in [1.165, 1.54) is 0 Å². The number of amides is 1. The molecule has 0 aliphatic rings. The Kier molecular flexibility index (Phi) is 4.99. The maximum absolute atomic E-state index is 12.2. The van der Waals surface area contributed by atoms with Crippen LogP contribution in [0, 0.1) is 18.8 Å². The fraction of sp³-hybridized carbons (Fsp3) is 0.118. The summed E-state index contributed by atoms with van der Waals surface area (Å²) in [6, 6.07) is 12.5. The van der Waals surface area contributed by atoms with Crippen LogP contribution in [0.1, 0.15) is 21.5 Å². The molecule has 0 radical (unpaired) electrons. The summed E-state index contributed by atoms with van der Waals surface area (Å²) in [7, 11) is 0. The lowest BCUT2D eigenvalue weighted by molar-refractivity contribution is 0.102. The third-order valence-electron chi connectivity index (χ3n) is 2.85. The molecule has 0 saturated carbocycles. The first kappa shape index (κ1) is 15.1. The van der Waals surface area contributed by atoms with Crippen LogP contribution in [0.25, 0.3) is 0 Å². The molecule has 4 heteroatoms. The first-order valence-corrected chi connectivity index (χ1v) is 6.84. The van der Waals surface area contributed by atoms with E-state index in [-0.39, 0.29) is 5.91 Å². The predicted molar refractivity (Wildman–Crippen MR) is 86.5 cm³/mol. The molecule has 2 rings (SSSR count). The number of carbonyl (C=O) groups is 1. The monoisotopic (exact) mass is 298 g/mol. The molecule has 0 aromatic heterocycles. The summed E-state index contributed by atoms with van der Waals surface area (Å²) in [6.07, 6.45) is 0. The van der Waals surface area contributed by atoms with Crippen molar-refractivity contribution in [2.24, 2.45) is 5.73 Å². The minimum Gasteiger partial charge on any atom is -0.321 e. The Labute approximate surface area is 129 Å². The number of nitrogens with two attached hydrogens (primary N) is 1. The van der Waals surface area contributed by atoms with Gasteiger partial charge in [-0.3, -0.25) is 4.79 Å². The highest BCUT2D eigenvalue weighted by Crippen LogP contribution is 2.23. The molecule has 0 heterocycles. The first-order valence-electron chi connectivity index (χ1n) is 6.46. The second-order valence-corrected chi connectivity index (χ2v) is 4.93. The molecular weight excluding hydrogens is 284 g/mol. The van der Waals surface area contributed by atoms with E-state index in [1.54, 1.807) is 30.3 Å². The number of hydrogen-bond acceptors (Lipinski definition) is 2. The van der Waals surface area contributed by atoms with Gasteiger partial charge in [0.25, 0.3) is 5.91 Å². The summed E-state index contributed by atoms with van der Waals surface area (Å²) < 4.78 is 0. The van der Waals surface area contributed by atoms with Crippen LogP contribution < -0.4 is 11.1 Å². The molecule has 0 aliphatic heterocycles. The van der Waals surface area contributed by atoms with Crippen LogP contribution in [0.15, 0.2) is 42.5 Å². The number of halogens is 1. The van der Waals surface area contributed by atoms with Crippen molar-refractivity contribution >= 4 is 23.2 Å². The van der Waals surface area contributed by atoms with Gasteiger partial charge < -0.3 is 11.1 Å². The second kappa shape index (κ2) is 6.94. The molecule has 0 bridgehead atoms. The van der Waals surface area contributed by atoms with E-state index < -0.39 is 0 Å². The number of rotatable bonds is 2. The average Bonchev–Trinajstić information content (AvgIpc) is 2.48. The van der Waals surface area contributed by atoms with Crippen molar-refractivity contribution in [3.8, 4) is 11.8 Å². The standard InChI is InChI=1S/C17H15ClN2O/c1-12-4-9-16(15(18)11-12)20-17(21)14-7-5-13(6-8-14)3-2-10-19/h4-9,11H,10,19H2,1H3,(H,20,21). The molecule has 0 aliphatic carbocycles. The summed E-state index contributed by atoms with van der Waals surface area (Å²) in [5.41, 5.74) is 8.32. The number of benzene rings is 2. The Balaban J connectivity index is 2.13. The summed E-state index contributed by atoms with van der Waals surface area (Å²) in [5.74, 6) is 5.46. The zero-order valence-electron chi connectivity index (χ0n) is 11.6. The van der Waals surface area contributed by atoms with Gasteiger partial charge in [-0.1, -0.05) is 29.5 Å². The first-order chi connectivity index (χ1) is 10.1. The SMILES string of the molecule is Cc1ccc(NC(=O)c2ccc(C#CCN)cc2)c(Cl)c1. The van der Waals surface area contributed by atoms with Gasteiger partial charge in [-0.2, -0.15) is 0 Å². The normalized spacial score (nSPS) is 9.67. The van der Waals surface area contributed by atoms with Gasteiger partial charge in [0.15, 0.2) is 0 Å². The topological polar surface area (TPSA) is 55.1 Å². The van der Waals surface area contributed by atoms with E-state index in [2.05, 4.69) is 17.2 Å². The Morgan fingerprint density at radius 2 is 1.95 bits per heavy atom. The van der Waals surface area contributed by atoms with Crippen molar-refractivity contribution in [1.29, 1.82) is 0 Å². The third kappa shape index (κ3) is 4.09. The van der Waals surface area contributed by atoms with Crippen molar-refractivity contribution in [3.63, 3.8) is 0 Å². The Bertz CT molecular complexity index is 712. The fourth-order valence-electron chi connectivity index (χ4n) is 1.77. The van der Waals surface area contributed by atoms with E-state index in [1.807, 2.05) is 19.1 Å². The molecule has 0 unspecified atom stereocenters. The van der Waals surface area contributed by atoms with Gasteiger partial charge in [0, 0.05) is 11.1 Å². The number of carbonyl (C=O) groups excluding carboxylic acids is 1. The van der Waals surface area contributed by atoms with Gasteiger partial charge in [-0.15, -0.1) is 0 Å². The van der Waals surface area contributed by atoms with Crippen molar-refractivity contribution in [2.45, 2.75) is 6.92 Å². The van der Waals surface area contributed by atoms with E-state index in [9.17, 15) is 4.79 Å². The molecule has 3 N–H and O–H groups in total. The van der Waals surface area contributed by atoms with Crippen LogP contribution in [-0.2, 0) is 0 Å². The highest BCUT2D eigenvalue weighted by molar-refractivity contribution is 6.34. The van der Waals surface area contributed by atoms with Crippen LogP contribution in [0.3, 0.4) is 0 Å². The van der Waals surface area contributed by atoms with E-state index in [0.29, 0.717) is 22.8 Å². The molecule has 2 aromatic rings. The summed E-state index contributed by atoms with van der Waals surface area (Å²) >= 11 is 6.10. The smallest absolute Gasteiger partial charge is 0.255 e. The lowest BCUT2D eigenvalue weighted by atomic mass is 10.1. The average molecular weight is 299 g/mol. The quantitative estimate of drug-likeness (QED) is 0.837. The highest BCUT2D eigenvalue weighted by Gasteiger charge is 2.08. The molecule has 0 fully saturated rings. The molecule has 21 heavy (non-hydrogen) atoms. The summed E-state index contributed by atoms with van der Waals surface area (Å²) in [4.78, 5) is 12.2. The van der Waals surface area contributed by atoms with Crippen LogP contribution >= 0.6 is 11.6 Å². The fourth-order valence-corrected chi connectivity index (χ4v) is 2.06. The predicted octanol–water partition coefficient (Wildman–Crippen LogP) is 3.21. The van der Waals surface area contributed by atoms with Crippen LogP contribution in [0.2, 0.25) is 5.02 Å². The molecule has 1 amide bonds. The molecule has 0 spiro atoms. The number of aryl methyl sites for hydroxylation is 1. The molecule has 0 atom stereocenters.